The third-order valence-corrected chi connectivity index (χ3v) is 6.76. The van der Waals surface area contributed by atoms with Gasteiger partial charge in [-0.25, -0.2) is 22.5 Å². The Labute approximate surface area is 176 Å². The number of thiazole rings is 1. The molecule has 0 aliphatic rings. The SMILES string of the molecule is C[C@@H](CC(=O)c1cnc(CNS(=O)(=O)c2ccc(F)c(Cl)c2)cn1)c1cncs1. The number of carbonyl (C=O) groups excluding carboxylic acids is 1. The highest BCUT2D eigenvalue weighted by Gasteiger charge is 2.18. The van der Waals surface area contributed by atoms with Gasteiger partial charge in [0, 0.05) is 17.5 Å². The summed E-state index contributed by atoms with van der Waals surface area (Å²) in [6, 6.07) is 3.11. The molecule has 3 rings (SSSR count). The van der Waals surface area contributed by atoms with E-state index in [4.69, 9.17) is 11.6 Å². The third kappa shape index (κ3) is 5.41. The molecule has 7 nitrogen and oxygen atoms in total. The second-order valence-electron chi connectivity index (χ2n) is 6.23. The maximum absolute atomic E-state index is 13.2. The number of halogens is 2. The van der Waals surface area contributed by atoms with Crippen LogP contribution in [0.2, 0.25) is 5.02 Å². The number of hydrogen-bond acceptors (Lipinski definition) is 7. The van der Waals surface area contributed by atoms with E-state index in [0.717, 1.165) is 23.1 Å². The van der Waals surface area contributed by atoms with E-state index in [-0.39, 0.29) is 40.3 Å². The van der Waals surface area contributed by atoms with Gasteiger partial charge in [-0.2, -0.15) is 0 Å². The molecule has 0 unspecified atom stereocenters. The molecule has 11 heteroatoms. The molecule has 2 heterocycles. The normalized spacial score (nSPS) is 12.7. The Morgan fingerprint density at radius 1 is 1.28 bits per heavy atom. The van der Waals surface area contributed by atoms with Crippen molar-refractivity contribution in [1.82, 2.24) is 19.7 Å². The minimum Gasteiger partial charge on any atom is -0.292 e. The number of nitrogens with zero attached hydrogens (tertiary/aromatic N) is 3. The summed E-state index contributed by atoms with van der Waals surface area (Å²) in [5, 5.41) is -0.289. The van der Waals surface area contributed by atoms with Crippen LogP contribution >= 0.6 is 22.9 Å². The van der Waals surface area contributed by atoms with Crippen LogP contribution in [0.5, 0.6) is 0 Å². The first-order valence-electron chi connectivity index (χ1n) is 8.43. The molecule has 0 aliphatic heterocycles. The summed E-state index contributed by atoms with van der Waals surface area (Å²) in [5.74, 6) is -0.848. The lowest BCUT2D eigenvalue weighted by Crippen LogP contribution is -2.24. The van der Waals surface area contributed by atoms with Crippen LogP contribution in [0.4, 0.5) is 4.39 Å². The maximum atomic E-state index is 13.2. The molecule has 0 aliphatic carbocycles. The van der Waals surface area contributed by atoms with Gasteiger partial charge < -0.3 is 0 Å². The van der Waals surface area contributed by atoms with Crippen LogP contribution in [0.15, 0.2) is 47.2 Å². The maximum Gasteiger partial charge on any atom is 0.240 e. The van der Waals surface area contributed by atoms with Gasteiger partial charge in [0.1, 0.15) is 11.5 Å². The molecule has 152 valence electrons. The Kier molecular flexibility index (Phi) is 6.68. The number of sulfonamides is 1. The Balaban J connectivity index is 1.61. The summed E-state index contributed by atoms with van der Waals surface area (Å²) < 4.78 is 40.1. The Bertz CT molecular complexity index is 1110. The van der Waals surface area contributed by atoms with E-state index >= 15 is 0 Å². The quantitative estimate of drug-likeness (QED) is 0.522. The summed E-state index contributed by atoms with van der Waals surface area (Å²) >= 11 is 7.11. The number of nitrogens with one attached hydrogen (secondary N) is 1. The van der Waals surface area contributed by atoms with E-state index in [9.17, 15) is 17.6 Å². The topological polar surface area (TPSA) is 102 Å². The minimum absolute atomic E-state index is 0.0193. The van der Waals surface area contributed by atoms with Crippen LogP contribution in [0.3, 0.4) is 0 Å². The molecule has 0 saturated heterocycles. The molecule has 29 heavy (non-hydrogen) atoms. The molecule has 1 N–H and O–H groups in total. The number of hydrogen-bond donors (Lipinski definition) is 1. The zero-order valence-corrected chi connectivity index (χ0v) is 17.6. The Morgan fingerprint density at radius 3 is 2.69 bits per heavy atom. The molecule has 0 bridgehead atoms. The molecule has 1 aromatic carbocycles. The van der Waals surface area contributed by atoms with Crippen molar-refractivity contribution in [3.05, 3.63) is 69.4 Å². The van der Waals surface area contributed by atoms with Gasteiger partial charge >= 0.3 is 0 Å². The summed E-state index contributed by atoms with van der Waals surface area (Å²) in [6.07, 6.45) is 4.66. The average Bonchev–Trinajstić information content (AvgIpc) is 3.24. The molecule has 1 atom stereocenters. The van der Waals surface area contributed by atoms with Crippen molar-refractivity contribution in [2.75, 3.05) is 0 Å². The zero-order valence-electron chi connectivity index (χ0n) is 15.2. The van der Waals surface area contributed by atoms with Crippen molar-refractivity contribution in [2.24, 2.45) is 0 Å². The fraction of sp³-hybridized carbons (Fsp3) is 0.222. The van der Waals surface area contributed by atoms with Crippen molar-refractivity contribution in [1.29, 1.82) is 0 Å². The van der Waals surface area contributed by atoms with Crippen molar-refractivity contribution in [2.45, 2.75) is 30.7 Å². The zero-order chi connectivity index (χ0) is 21.0. The second kappa shape index (κ2) is 9.04. The third-order valence-electron chi connectivity index (χ3n) is 4.06. The predicted octanol–water partition coefficient (Wildman–Crippen LogP) is 3.58. The number of carbonyl (C=O) groups is 1. The number of benzene rings is 1. The largest absolute Gasteiger partial charge is 0.292 e. The summed E-state index contributed by atoms with van der Waals surface area (Å²) in [6.45, 7) is 1.79. The molecule has 0 spiro atoms. The van der Waals surface area contributed by atoms with Gasteiger partial charge in [0.2, 0.25) is 10.0 Å². The first-order chi connectivity index (χ1) is 13.8. The highest BCUT2D eigenvalue weighted by atomic mass is 35.5. The highest BCUT2D eigenvalue weighted by molar-refractivity contribution is 7.89. The van der Waals surface area contributed by atoms with Crippen LogP contribution in [0.25, 0.3) is 0 Å². The Hall–Kier alpha value is -2.27. The fourth-order valence-electron chi connectivity index (χ4n) is 2.44. The smallest absolute Gasteiger partial charge is 0.240 e. The lowest BCUT2D eigenvalue weighted by atomic mass is 10.0. The monoisotopic (exact) mass is 454 g/mol. The van der Waals surface area contributed by atoms with Crippen molar-refractivity contribution in [3.8, 4) is 0 Å². The highest BCUT2D eigenvalue weighted by Crippen LogP contribution is 2.23. The summed E-state index contributed by atoms with van der Waals surface area (Å²) in [5.41, 5.74) is 2.25. The Morgan fingerprint density at radius 2 is 2.07 bits per heavy atom. The second-order valence-corrected chi connectivity index (χ2v) is 9.32. The van der Waals surface area contributed by atoms with Crippen LogP contribution < -0.4 is 4.72 Å². The van der Waals surface area contributed by atoms with E-state index in [1.165, 1.54) is 23.7 Å². The van der Waals surface area contributed by atoms with E-state index in [1.807, 2.05) is 6.92 Å². The van der Waals surface area contributed by atoms with Gasteiger partial charge in [-0.1, -0.05) is 18.5 Å². The minimum atomic E-state index is -3.91. The van der Waals surface area contributed by atoms with Crippen molar-refractivity contribution in [3.63, 3.8) is 0 Å². The van der Waals surface area contributed by atoms with E-state index < -0.39 is 15.8 Å². The molecular formula is C18H16ClFN4O3S2. The van der Waals surface area contributed by atoms with Gasteiger partial charge in [-0.15, -0.1) is 11.3 Å². The van der Waals surface area contributed by atoms with Gasteiger partial charge in [-0.05, 0) is 24.1 Å². The molecule has 0 amide bonds. The number of rotatable bonds is 8. The van der Waals surface area contributed by atoms with Crippen LogP contribution in [-0.4, -0.2) is 29.2 Å². The molecule has 0 saturated carbocycles. The van der Waals surface area contributed by atoms with Crippen molar-refractivity contribution >= 4 is 38.7 Å². The van der Waals surface area contributed by atoms with Crippen LogP contribution in [0, 0.1) is 5.82 Å². The van der Waals surface area contributed by atoms with Gasteiger partial charge in [0.15, 0.2) is 5.78 Å². The van der Waals surface area contributed by atoms with E-state index in [2.05, 4.69) is 19.7 Å². The summed E-state index contributed by atoms with van der Waals surface area (Å²) in [7, 11) is -3.91. The molecule has 0 fully saturated rings. The molecule has 0 radical (unpaired) electrons. The van der Waals surface area contributed by atoms with Gasteiger partial charge in [0.05, 0.1) is 40.1 Å². The van der Waals surface area contributed by atoms with E-state index in [0.29, 0.717) is 5.69 Å². The fourth-order valence-corrected chi connectivity index (χ4v) is 4.39. The van der Waals surface area contributed by atoms with Gasteiger partial charge in [0.25, 0.3) is 0 Å². The summed E-state index contributed by atoms with van der Waals surface area (Å²) in [4.78, 5) is 25.4. The van der Waals surface area contributed by atoms with E-state index in [1.54, 1.807) is 11.7 Å². The van der Waals surface area contributed by atoms with Gasteiger partial charge in [-0.3, -0.25) is 14.8 Å². The predicted molar refractivity (Wildman–Crippen MR) is 107 cm³/mol. The molecule has 2 aromatic heterocycles. The molecular weight excluding hydrogens is 439 g/mol. The number of ketones is 1. The molecule has 3 aromatic rings. The number of aromatic nitrogens is 3. The van der Waals surface area contributed by atoms with Crippen LogP contribution in [0.1, 0.15) is 40.3 Å². The first kappa shape index (κ1) is 21.4. The first-order valence-corrected chi connectivity index (χ1v) is 11.2. The lowest BCUT2D eigenvalue weighted by Gasteiger charge is -2.09. The lowest BCUT2D eigenvalue weighted by molar-refractivity contribution is 0.0970. The standard InChI is InChI=1S/C18H16ClFN4O3S2/c1-11(18-9-21-10-28-18)4-17(25)16-8-22-12(6-23-16)7-24-29(26,27)13-2-3-15(20)14(19)5-13/h2-3,5-6,8-11,24H,4,7H2,1H3/t11-/m0/s1. The van der Waals surface area contributed by atoms with Crippen LogP contribution in [-0.2, 0) is 16.6 Å². The number of Topliss-reactive ketones (excluding diaryl/α,β-unsaturated/α-hetero) is 1. The van der Waals surface area contributed by atoms with Crippen molar-refractivity contribution < 1.29 is 17.6 Å². The average molecular weight is 455 g/mol.